The van der Waals surface area contributed by atoms with Gasteiger partial charge in [-0.1, -0.05) is 17.7 Å². The second-order valence-corrected chi connectivity index (χ2v) is 7.21. The second kappa shape index (κ2) is 7.21. The van der Waals surface area contributed by atoms with Gasteiger partial charge in [-0.25, -0.2) is 10.2 Å². The quantitative estimate of drug-likeness (QED) is 0.766. The second-order valence-electron chi connectivity index (χ2n) is 6.81. The van der Waals surface area contributed by atoms with Crippen molar-refractivity contribution < 1.29 is 14.3 Å². The van der Waals surface area contributed by atoms with Crippen LogP contribution >= 0.6 is 11.6 Å². The lowest BCUT2D eigenvalue weighted by atomic mass is 10.0. The minimum atomic E-state index is -0.581. The zero-order valence-electron chi connectivity index (χ0n) is 13.7. The number of hydrazine groups is 1. The van der Waals surface area contributed by atoms with Gasteiger partial charge in [0.25, 0.3) is 0 Å². The average molecular weight is 339 g/mol. The van der Waals surface area contributed by atoms with Gasteiger partial charge in [0.2, 0.25) is 0 Å². The molecule has 1 aliphatic carbocycles. The molecule has 6 heteroatoms. The highest BCUT2D eigenvalue weighted by atomic mass is 35.5. The first-order valence-electron chi connectivity index (χ1n) is 7.81. The Morgan fingerprint density at radius 2 is 2.00 bits per heavy atom. The number of carbonyl (C=O) groups excluding carboxylic acids is 2. The van der Waals surface area contributed by atoms with E-state index in [0.29, 0.717) is 29.3 Å². The molecule has 1 fully saturated rings. The Hall–Kier alpha value is -1.75. The smallest absolute Gasteiger partial charge is 0.426 e. The van der Waals surface area contributed by atoms with Crippen molar-refractivity contribution in [3.05, 3.63) is 28.8 Å². The van der Waals surface area contributed by atoms with Crippen molar-refractivity contribution >= 4 is 29.2 Å². The van der Waals surface area contributed by atoms with E-state index in [-0.39, 0.29) is 5.92 Å². The lowest BCUT2D eigenvalue weighted by molar-refractivity contribution is -0.120. The highest BCUT2D eigenvalue weighted by Gasteiger charge is 2.28. The molecular weight excluding hydrogens is 316 g/mol. The number of benzene rings is 1. The number of anilines is 1. The van der Waals surface area contributed by atoms with E-state index in [1.54, 1.807) is 26.8 Å². The molecule has 2 rings (SSSR count). The van der Waals surface area contributed by atoms with E-state index >= 15 is 0 Å². The number of Topliss-reactive ketones (excluding diaryl/α,β-unsaturated/α-hetero) is 1. The van der Waals surface area contributed by atoms with E-state index in [1.807, 2.05) is 12.1 Å². The molecule has 0 spiro atoms. The summed E-state index contributed by atoms with van der Waals surface area (Å²) in [5.74, 6) is 0.620. The molecule has 0 aromatic heterocycles. The molecule has 0 aliphatic heterocycles. The first-order chi connectivity index (χ1) is 10.7. The standard InChI is InChI=1S/C17H23ClN2O3/c1-17(2,3)23-16(22)20-19-14-10-11(4-8-13(14)18)5-9-15(21)12-6-7-12/h4,8,10,12,19H,5-7,9H2,1-3H3,(H,20,22). The molecule has 0 atom stereocenters. The van der Waals surface area contributed by atoms with Crippen LogP contribution in [0.3, 0.4) is 0 Å². The van der Waals surface area contributed by atoms with Crippen LogP contribution in [0.5, 0.6) is 0 Å². The molecule has 0 saturated heterocycles. The molecule has 1 aliphatic rings. The van der Waals surface area contributed by atoms with Gasteiger partial charge in [0.15, 0.2) is 0 Å². The number of amides is 1. The molecule has 0 unspecified atom stereocenters. The molecular formula is C17H23ClN2O3. The summed E-state index contributed by atoms with van der Waals surface area (Å²) in [6.45, 7) is 5.37. The van der Waals surface area contributed by atoms with Gasteiger partial charge in [0.05, 0.1) is 10.7 Å². The molecule has 5 nitrogen and oxygen atoms in total. The molecule has 1 aromatic carbocycles. The predicted molar refractivity (Wildman–Crippen MR) is 90.5 cm³/mol. The Balaban J connectivity index is 1.89. The number of rotatable bonds is 6. The summed E-state index contributed by atoms with van der Waals surface area (Å²) in [6.07, 6.45) is 2.71. The summed E-state index contributed by atoms with van der Waals surface area (Å²) in [7, 11) is 0. The van der Waals surface area contributed by atoms with Gasteiger partial charge in [-0.15, -0.1) is 0 Å². The van der Waals surface area contributed by atoms with Gasteiger partial charge in [0, 0.05) is 12.3 Å². The number of hydrogen-bond acceptors (Lipinski definition) is 4. The van der Waals surface area contributed by atoms with E-state index in [9.17, 15) is 9.59 Å². The number of aryl methyl sites for hydroxylation is 1. The fourth-order valence-corrected chi connectivity index (χ4v) is 2.29. The molecule has 2 N–H and O–H groups in total. The minimum Gasteiger partial charge on any atom is -0.443 e. The van der Waals surface area contributed by atoms with Crippen molar-refractivity contribution in [2.24, 2.45) is 5.92 Å². The number of ketones is 1. The van der Waals surface area contributed by atoms with Crippen molar-refractivity contribution in [2.45, 2.75) is 52.1 Å². The molecule has 0 bridgehead atoms. The van der Waals surface area contributed by atoms with Gasteiger partial charge < -0.3 is 4.74 Å². The summed E-state index contributed by atoms with van der Waals surface area (Å²) in [5, 5.41) is 0.485. The first-order valence-corrected chi connectivity index (χ1v) is 8.18. The number of ether oxygens (including phenoxy) is 1. The van der Waals surface area contributed by atoms with Gasteiger partial charge in [-0.05, 0) is 57.7 Å². The number of halogens is 1. The molecule has 1 aromatic rings. The lowest BCUT2D eigenvalue weighted by Crippen LogP contribution is -2.35. The van der Waals surface area contributed by atoms with E-state index < -0.39 is 11.7 Å². The summed E-state index contributed by atoms with van der Waals surface area (Å²) in [6, 6.07) is 5.47. The van der Waals surface area contributed by atoms with Crippen LogP contribution in [0.25, 0.3) is 0 Å². The highest BCUT2D eigenvalue weighted by Crippen LogP contribution is 2.31. The van der Waals surface area contributed by atoms with Gasteiger partial charge in [-0.3, -0.25) is 10.2 Å². The summed E-state index contributed by atoms with van der Waals surface area (Å²) >= 11 is 6.11. The van der Waals surface area contributed by atoms with Crippen LogP contribution in [0.15, 0.2) is 18.2 Å². The van der Waals surface area contributed by atoms with Crippen LogP contribution in [-0.2, 0) is 16.0 Å². The van der Waals surface area contributed by atoms with Crippen molar-refractivity contribution in [3.8, 4) is 0 Å². The number of carbonyl (C=O) groups is 2. The van der Waals surface area contributed by atoms with E-state index in [4.69, 9.17) is 16.3 Å². The van der Waals surface area contributed by atoms with E-state index in [0.717, 1.165) is 18.4 Å². The SMILES string of the molecule is CC(C)(C)OC(=O)NNc1cc(CCC(=O)C2CC2)ccc1Cl. The van der Waals surface area contributed by atoms with Crippen molar-refractivity contribution in [2.75, 3.05) is 5.43 Å². The summed E-state index contributed by atoms with van der Waals surface area (Å²) in [5.41, 5.74) is 6.22. The average Bonchev–Trinajstić information content (AvgIpc) is 3.27. The molecule has 1 amide bonds. The van der Waals surface area contributed by atoms with Crippen molar-refractivity contribution in [3.63, 3.8) is 0 Å². The van der Waals surface area contributed by atoms with Crippen LogP contribution in [0.2, 0.25) is 5.02 Å². The third-order valence-corrected chi connectivity index (χ3v) is 3.75. The topological polar surface area (TPSA) is 67.4 Å². The Morgan fingerprint density at radius 3 is 2.61 bits per heavy atom. The summed E-state index contributed by atoms with van der Waals surface area (Å²) < 4.78 is 5.14. The van der Waals surface area contributed by atoms with Crippen LogP contribution in [0, 0.1) is 5.92 Å². The number of nitrogens with one attached hydrogen (secondary N) is 2. The van der Waals surface area contributed by atoms with Crippen molar-refractivity contribution in [1.82, 2.24) is 5.43 Å². The third kappa shape index (κ3) is 6.10. The zero-order chi connectivity index (χ0) is 17.0. The Labute approximate surface area is 141 Å². The van der Waals surface area contributed by atoms with Crippen LogP contribution in [0.1, 0.15) is 45.6 Å². The Bertz CT molecular complexity index is 592. The molecule has 126 valence electrons. The van der Waals surface area contributed by atoms with Crippen molar-refractivity contribution in [1.29, 1.82) is 0 Å². The highest BCUT2D eigenvalue weighted by molar-refractivity contribution is 6.33. The zero-order valence-corrected chi connectivity index (χ0v) is 14.5. The molecule has 1 saturated carbocycles. The van der Waals surface area contributed by atoms with E-state index in [1.165, 1.54) is 0 Å². The van der Waals surface area contributed by atoms with Crippen LogP contribution < -0.4 is 10.9 Å². The minimum absolute atomic E-state index is 0.286. The normalized spacial score (nSPS) is 14.3. The molecule has 0 radical (unpaired) electrons. The maximum absolute atomic E-state index is 11.8. The summed E-state index contributed by atoms with van der Waals surface area (Å²) in [4.78, 5) is 23.4. The number of hydrogen-bond donors (Lipinski definition) is 2. The predicted octanol–water partition coefficient (Wildman–Crippen LogP) is 4.10. The Morgan fingerprint density at radius 1 is 1.30 bits per heavy atom. The Kier molecular flexibility index (Phi) is 5.52. The van der Waals surface area contributed by atoms with Gasteiger partial charge >= 0.3 is 6.09 Å². The first kappa shape index (κ1) is 17.6. The fraction of sp³-hybridized carbons (Fsp3) is 0.529. The van der Waals surface area contributed by atoms with Gasteiger partial charge in [-0.2, -0.15) is 0 Å². The largest absolute Gasteiger partial charge is 0.443 e. The maximum Gasteiger partial charge on any atom is 0.426 e. The van der Waals surface area contributed by atoms with Gasteiger partial charge in [0.1, 0.15) is 11.4 Å². The van der Waals surface area contributed by atoms with Crippen LogP contribution in [-0.4, -0.2) is 17.5 Å². The molecule has 0 heterocycles. The maximum atomic E-state index is 11.8. The monoisotopic (exact) mass is 338 g/mol. The molecule has 23 heavy (non-hydrogen) atoms. The van der Waals surface area contributed by atoms with E-state index in [2.05, 4.69) is 10.9 Å². The fourth-order valence-electron chi connectivity index (χ4n) is 2.12. The third-order valence-electron chi connectivity index (χ3n) is 3.42. The van der Waals surface area contributed by atoms with Crippen LogP contribution in [0.4, 0.5) is 10.5 Å². The lowest BCUT2D eigenvalue weighted by Gasteiger charge is -2.20.